The first kappa shape index (κ1) is 21.3. The van der Waals surface area contributed by atoms with Crippen molar-refractivity contribution >= 4 is 39.9 Å². The molecule has 0 spiro atoms. The number of amides is 2. The summed E-state index contributed by atoms with van der Waals surface area (Å²) in [5, 5.41) is 12.7. The van der Waals surface area contributed by atoms with E-state index in [1.807, 2.05) is 32.9 Å². The third-order valence-corrected chi connectivity index (χ3v) is 4.94. The maximum absolute atomic E-state index is 12.3. The lowest BCUT2D eigenvalue weighted by Gasteiger charge is -2.22. The van der Waals surface area contributed by atoms with E-state index in [4.69, 9.17) is 11.6 Å². The molecule has 2 amide bonds. The second kappa shape index (κ2) is 10.4. The van der Waals surface area contributed by atoms with Gasteiger partial charge in [-0.2, -0.15) is 0 Å². The predicted molar refractivity (Wildman–Crippen MR) is 110 cm³/mol. The summed E-state index contributed by atoms with van der Waals surface area (Å²) in [7, 11) is 0. The van der Waals surface area contributed by atoms with E-state index < -0.39 is 0 Å². The first-order chi connectivity index (χ1) is 12.9. The number of nitrogens with zero attached hydrogens (tertiary/aromatic N) is 3. The molecule has 2 aromatic rings. The Morgan fingerprint density at radius 3 is 2.52 bits per heavy atom. The summed E-state index contributed by atoms with van der Waals surface area (Å²) in [4.78, 5) is 26.3. The van der Waals surface area contributed by atoms with Crippen LogP contribution in [-0.4, -0.2) is 40.0 Å². The molecule has 0 unspecified atom stereocenters. The fraction of sp³-hybridized carbons (Fsp3) is 0.474. The summed E-state index contributed by atoms with van der Waals surface area (Å²) in [6, 6.07) is 7.29. The van der Waals surface area contributed by atoms with E-state index in [0.717, 1.165) is 12.0 Å². The summed E-state index contributed by atoms with van der Waals surface area (Å²) in [5.41, 5.74) is 0.894. The number of aromatic nitrogens is 2. The molecular weight excluding hydrogens is 384 g/mol. The Kier molecular flexibility index (Phi) is 8.19. The summed E-state index contributed by atoms with van der Waals surface area (Å²) < 4.78 is 0. The number of nitrogens with one attached hydrogen (secondary N) is 1. The average molecular weight is 409 g/mol. The minimum atomic E-state index is -0.174. The molecule has 0 saturated carbocycles. The number of halogens is 1. The maximum Gasteiger partial charge on any atom is 0.227 e. The van der Waals surface area contributed by atoms with Gasteiger partial charge in [0.2, 0.25) is 16.9 Å². The molecule has 0 aliphatic heterocycles. The zero-order valence-electron chi connectivity index (χ0n) is 15.9. The lowest BCUT2D eigenvalue weighted by Crippen LogP contribution is -2.35. The highest BCUT2D eigenvalue weighted by atomic mass is 35.5. The molecule has 1 aromatic carbocycles. The van der Waals surface area contributed by atoms with Gasteiger partial charge in [0.25, 0.3) is 0 Å². The Morgan fingerprint density at radius 1 is 1.19 bits per heavy atom. The highest BCUT2D eigenvalue weighted by Gasteiger charge is 2.16. The van der Waals surface area contributed by atoms with E-state index in [-0.39, 0.29) is 18.2 Å². The average Bonchev–Trinajstić information content (AvgIpc) is 3.07. The molecule has 1 aromatic heterocycles. The second-order valence-corrected chi connectivity index (χ2v) is 8.11. The maximum atomic E-state index is 12.3. The third-order valence-electron chi connectivity index (χ3n) is 3.80. The van der Waals surface area contributed by atoms with Gasteiger partial charge in [-0.15, -0.1) is 10.2 Å². The molecule has 146 valence electrons. The standard InChI is InChI=1S/C19H25ClN4O2S/c1-4-10-24(17(26)12-13(2)3)11-9-16(25)21-19-23-22-18(27-19)14-5-7-15(20)8-6-14/h5-8,13H,4,9-12H2,1-3H3,(H,21,23,25). The van der Waals surface area contributed by atoms with E-state index in [2.05, 4.69) is 15.5 Å². The van der Waals surface area contributed by atoms with Crippen LogP contribution in [0.3, 0.4) is 0 Å². The molecule has 1 heterocycles. The van der Waals surface area contributed by atoms with Crippen molar-refractivity contribution in [3.63, 3.8) is 0 Å². The van der Waals surface area contributed by atoms with Crippen LogP contribution in [0.4, 0.5) is 5.13 Å². The SMILES string of the molecule is CCCN(CCC(=O)Nc1nnc(-c2ccc(Cl)cc2)s1)C(=O)CC(C)C. The zero-order valence-corrected chi connectivity index (χ0v) is 17.4. The van der Waals surface area contributed by atoms with Crippen LogP contribution < -0.4 is 5.32 Å². The Balaban J connectivity index is 1.89. The predicted octanol–water partition coefficient (Wildman–Crippen LogP) is 4.47. The van der Waals surface area contributed by atoms with Crippen LogP contribution in [0.5, 0.6) is 0 Å². The summed E-state index contributed by atoms with van der Waals surface area (Å²) in [6.07, 6.45) is 1.61. The molecule has 0 aliphatic rings. The minimum absolute atomic E-state index is 0.0978. The van der Waals surface area contributed by atoms with E-state index in [9.17, 15) is 9.59 Å². The van der Waals surface area contributed by atoms with E-state index >= 15 is 0 Å². The van der Waals surface area contributed by atoms with Gasteiger partial charge in [0, 0.05) is 36.5 Å². The number of hydrogen-bond donors (Lipinski definition) is 1. The normalized spacial score (nSPS) is 10.9. The van der Waals surface area contributed by atoms with Crippen LogP contribution in [0.15, 0.2) is 24.3 Å². The van der Waals surface area contributed by atoms with Crippen molar-refractivity contribution in [2.45, 2.75) is 40.0 Å². The van der Waals surface area contributed by atoms with Gasteiger partial charge in [0.15, 0.2) is 0 Å². The van der Waals surface area contributed by atoms with E-state index in [1.54, 1.807) is 17.0 Å². The fourth-order valence-corrected chi connectivity index (χ4v) is 3.40. The lowest BCUT2D eigenvalue weighted by atomic mass is 10.1. The number of carbonyl (C=O) groups excluding carboxylic acids is 2. The van der Waals surface area contributed by atoms with Crippen molar-refractivity contribution in [3.05, 3.63) is 29.3 Å². The van der Waals surface area contributed by atoms with Gasteiger partial charge in [0.05, 0.1) is 0 Å². The molecule has 1 N–H and O–H groups in total. The Morgan fingerprint density at radius 2 is 1.89 bits per heavy atom. The highest BCUT2D eigenvalue weighted by Crippen LogP contribution is 2.27. The van der Waals surface area contributed by atoms with Crippen LogP contribution in [0.25, 0.3) is 10.6 Å². The van der Waals surface area contributed by atoms with Crippen molar-refractivity contribution in [1.82, 2.24) is 15.1 Å². The first-order valence-corrected chi connectivity index (χ1v) is 10.3. The van der Waals surface area contributed by atoms with Gasteiger partial charge in [-0.3, -0.25) is 9.59 Å². The number of anilines is 1. The van der Waals surface area contributed by atoms with Crippen molar-refractivity contribution in [2.24, 2.45) is 5.92 Å². The van der Waals surface area contributed by atoms with Gasteiger partial charge < -0.3 is 10.2 Å². The Bertz CT molecular complexity index is 761. The van der Waals surface area contributed by atoms with Crippen molar-refractivity contribution in [2.75, 3.05) is 18.4 Å². The van der Waals surface area contributed by atoms with Crippen LogP contribution in [0, 0.1) is 5.92 Å². The number of benzene rings is 1. The topological polar surface area (TPSA) is 75.2 Å². The third kappa shape index (κ3) is 6.92. The van der Waals surface area contributed by atoms with Crippen LogP contribution in [0.1, 0.15) is 40.0 Å². The number of rotatable bonds is 9. The van der Waals surface area contributed by atoms with Gasteiger partial charge in [0.1, 0.15) is 5.01 Å². The van der Waals surface area contributed by atoms with E-state index in [0.29, 0.717) is 40.6 Å². The smallest absolute Gasteiger partial charge is 0.227 e. The molecule has 0 fully saturated rings. The highest BCUT2D eigenvalue weighted by molar-refractivity contribution is 7.18. The summed E-state index contributed by atoms with van der Waals surface area (Å²) in [6.45, 7) is 7.13. The largest absolute Gasteiger partial charge is 0.342 e. The van der Waals surface area contributed by atoms with Crippen molar-refractivity contribution in [1.29, 1.82) is 0 Å². The van der Waals surface area contributed by atoms with Crippen molar-refractivity contribution in [3.8, 4) is 10.6 Å². The number of carbonyl (C=O) groups is 2. The number of hydrogen-bond acceptors (Lipinski definition) is 5. The molecule has 0 radical (unpaired) electrons. The molecule has 27 heavy (non-hydrogen) atoms. The molecule has 0 bridgehead atoms. The Hall–Kier alpha value is -1.99. The van der Waals surface area contributed by atoms with Gasteiger partial charge in [-0.25, -0.2) is 0 Å². The minimum Gasteiger partial charge on any atom is -0.342 e. The molecule has 0 aliphatic carbocycles. The van der Waals surface area contributed by atoms with Crippen LogP contribution >= 0.6 is 22.9 Å². The van der Waals surface area contributed by atoms with Gasteiger partial charge >= 0.3 is 0 Å². The van der Waals surface area contributed by atoms with Crippen molar-refractivity contribution < 1.29 is 9.59 Å². The molecule has 8 heteroatoms. The quantitative estimate of drug-likeness (QED) is 0.664. The zero-order chi connectivity index (χ0) is 19.8. The molecular formula is C19H25ClN4O2S. The fourth-order valence-electron chi connectivity index (χ4n) is 2.51. The summed E-state index contributed by atoms with van der Waals surface area (Å²) in [5.74, 6) is 0.228. The second-order valence-electron chi connectivity index (χ2n) is 6.70. The monoisotopic (exact) mass is 408 g/mol. The molecule has 6 nitrogen and oxygen atoms in total. The van der Waals surface area contributed by atoms with Gasteiger partial charge in [-0.05, 0) is 24.5 Å². The molecule has 0 saturated heterocycles. The molecule has 0 atom stereocenters. The summed E-state index contributed by atoms with van der Waals surface area (Å²) >= 11 is 7.19. The van der Waals surface area contributed by atoms with Crippen LogP contribution in [0.2, 0.25) is 5.02 Å². The Labute approximate surface area is 168 Å². The lowest BCUT2D eigenvalue weighted by molar-refractivity contribution is -0.132. The van der Waals surface area contributed by atoms with Gasteiger partial charge in [-0.1, -0.05) is 55.8 Å². The van der Waals surface area contributed by atoms with Crippen LogP contribution in [-0.2, 0) is 9.59 Å². The molecule has 2 rings (SSSR count). The first-order valence-electron chi connectivity index (χ1n) is 9.06. The van der Waals surface area contributed by atoms with E-state index in [1.165, 1.54) is 11.3 Å².